The van der Waals surface area contributed by atoms with Crippen LogP contribution in [0.15, 0.2) is 36.2 Å². The molecular weight excluding hydrogens is 422 g/mol. The van der Waals surface area contributed by atoms with E-state index in [4.69, 9.17) is 22.9 Å². The summed E-state index contributed by atoms with van der Waals surface area (Å²) in [5.41, 5.74) is 1.45. The molecule has 3 N–H and O–H groups in total. The molecule has 1 saturated carbocycles. The van der Waals surface area contributed by atoms with E-state index < -0.39 is 11.9 Å². The van der Waals surface area contributed by atoms with Crippen LogP contribution in [0, 0.1) is 6.57 Å². The molecule has 3 amide bonds. The molecule has 0 spiro atoms. The van der Waals surface area contributed by atoms with Crippen LogP contribution in [0.4, 0.5) is 16.3 Å². The molecule has 1 aliphatic heterocycles. The Morgan fingerprint density at radius 1 is 1.29 bits per heavy atom. The predicted molar refractivity (Wildman–Crippen MR) is 112 cm³/mol. The first-order chi connectivity index (χ1) is 15.0. The molecule has 11 heteroatoms. The summed E-state index contributed by atoms with van der Waals surface area (Å²) >= 11 is 6.24. The average Bonchev–Trinajstić information content (AvgIpc) is 3.38. The summed E-state index contributed by atoms with van der Waals surface area (Å²) in [6.45, 7) is 7.08. The van der Waals surface area contributed by atoms with Gasteiger partial charge in [-0.05, 0) is 31.1 Å². The number of amides is 3. The number of ether oxygens (including phenoxy) is 1. The van der Waals surface area contributed by atoms with E-state index in [1.54, 1.807) is 28.9 Å². The summed E-state index contributed by atoms with van der Waals surface area (Å²) in [6.07, 6.45) is 5.15. The first-order valence-corrected chi connectivity index (χ1v) is 9.72. The van der Waals surface area contributed by atoms with E-state index in [0.717, 1.165) is 12.8 Å². The fourth-order valence-electron chi connectivity index (χ4n) is 3.04. The summed E-state index contributed by atoms with van der Waals surface area (Å²) in [7, 11) is 0. The number of urea groups is 1. The largest absolute Gasteiger partial charge is 0.437 e. The van der Waals surface area contributed by atoms with Crippen molar-refractivity contribution in [1.82, 2.24) is 25.2 Å². The predicted octanol–water partition coefficient (Wildman–Crippen LogP) is 3.48. The van der Waals surface area contributed by atoms with Gasteiger partial charge in [0.25, 0.3) is 5.91 Å². The number of benzene rings is 1. The standard InChI is InChI=1S/C20H14ClN7O3/c1-22-12-4-5-15(13(21)7-12)31-17-8-16(24-11-2-3-11)28-18(26-17)10(9-23-28)6-14-19(29)27-20(30)25-14/h4-9,11,24H,2-3H2,(H2,25,27,29,30)/b14-6-. The molecule has 0 bridgehead atoms. The molecule has 10 nitrogen and oxygen atoms in total. The maximum absolute atomic E-state index is 11.9. The number of hydrogen-bond donors (Lipinski definition) is 3. The molecule has 1 saturated heterocycles. The van der Waals surface area contributed by atoms with Crippen LogP contribution in [0.1, 0.15) is 18.4 Å². The number of aromatic nitrogens is 3. The fraction of sp³-hybridized carbons (Fsp3) is 0.150. The number of carbonyl (C=O) groups excluding carboxylic acids is 2. The van der Waals surface area contributed by atoms with Crippen molar-refractivity contribution in [2.24, 2.45) is 0 Å². The second-order valence-electron chi connectivity index (χ2n) is 7.03. The van der Waals surface area contributed by atoms with Crippen molar-refractivity contribution >= 4 is 46.8 Å². The third kappa shape index (κ3) is 3.74. The summed E-state index contributed by atoms with van der Waals surface area (Å²) < 4.78 is 7.50. The van der Waals surface area contributed by atoms with Crippen molar-refractivity contribution in [3.63, 3.8) is 0 Å². The van der Waals surface area contributed by atoms with Crippen LogP contribution in [0.3, 0.4) is 0 Å². The molecule has 5 rings (SSSR count). The van der Waals surface area contributed by atoms with Gasteiger partial charge in [-0.2, -0.15) is 14.6 Å². The van der Waals surface area contributed by atoms with E-state index in [-0.39, 0.29) is 16.6 Å². The molecule has 0 unspecified atom stereocenters. The Balaban J connectivity index is 1.57. The second-order valence-corrected chi connectivity index (χ2v) is 7.44. The molecule has 154 valence electrons. The number of halogens is 1. The molecular formula is C20H14ClN7O3. The van der Waals surface area contributed by atoms with Gasteiger partial charge in [-0.15, -0.1) is 0 Å². The fourth-order valence-corrected chi connectivity index (χ4v) is 3.26. The Morgan fingerprint density at radius 2 is 2.13 bits per heavy atom. The van der Waals surface area contributed by atoms with Crippen LogP contribution in [0.2, 0.25) is 5.02 Å². The maximum atomic E-state index is 11.9. The number of nitrogens with one attached hydrogen (secondary N) is 3. The molecule has 0 atom stereocenters. The SMILES string of the molecule is [C-]#[N+]c1ccc(Oc2cc(NC3CC3)n3ncc(/C=C4\NC(=O)NC4=O)c3n2)c(Cl)c1. The monoisotopic (exact) mass is 435 g/mol. The summed E-state index contributed by atoms with van der Waals surface area (Å²) in [5, 5.41) is 12.6. The van der Waals surface area contributed by atoms with Crippen LogP contribution in [-0.4, -0.2) is 32.6 Å². The molecule has 31 heavy (non-hydrogen) atoms. The van der Waals surface area contributed by atoms with Crippen molar-refractivity contribution in [1.29, 1.82) is 0 Å². The van der Waals surface area contributed by atoms with Gasteiger partial charge in [-0.25, -0.2) is 9.64 Å². The van der Waals surface area contributed by atoms with Crippen LogP contribution in [0.25, 0.3) is 16.6 Å². The zero-order valence-electron chi connectivity index (χ0n) is 15.8. The quantitative estimate of drug-likeness (QED) is 0.321. The summed E-state index contributed by atoms with van der Waals surface area (Å²) in [4.78, 5) is 31.1. The van der Waals surface area contributed by atoms with Crippen LogP contribution in [0.5, 0.6) is 11.6 Å². The third-order valence-corrected chi connectivity index (χ3v) is 4.98. The summed E-state index contributed by atoms with van der Waals surface area (Å²) in [6, 6.07) is 6.18. The van der Waals surface area contributed by atoms with Crippen molar-refractivity contribution in [3.05, 3.63) is 58.2 Å². The Kier molecular flexibility index (Phi) is 4.45. The van der Waals surface area contributed by atoms with Crippen molar-refractivity contribution in [2.45, 2.75) is 18.9 Å². The van der Waals surface area contributed by atoms with Crippen LogP contribution >= 0.6 is 11.6 Å². The van der Waals surface area contributed by atoms with Gasteiger partial charge in [0.15, 0.2) is 11.3 Å². The van der Waals surface area contributed by atoms with Gasteiger partial charge in [0.1, 0.15) is 17.3 Å². The lowest BCUT2D eigenvalue weighted by atomic mass is 10.2. The number of rotatable bonds is 5. The highest BCUT2D eigenvalue weighted by Gasteiger charge is 2.25. The average molecular weight is 436 g/mol. The molecule has 2 aliphatic rings. The van der Waals surface area contributed by atoms with E-state index in [1.807, 2.05) is 0 Å². The molecule has 1 aromatic carbocycles. The highest BCUT2D eigenvalue weighted by Crippen LogP contribution is 2.34. The maximum Gasteiger partial charge on any atom is 0.326 e. The van der Waals surface area contributed by atoms with Crippen molar-refractivity contribution in [2.75, 3.05) is 5.32 Å². The lowest BCUT2D eigenvalue weighted by Gasteiger charge is -2.12. The zero-order chi connectivity index (χ0) is 21.5. The zero-order valence-corrected chi connectivity index (χ0v) is 16.6. The van der Waals surface area contributed by atoms with E-state index in [0.29, 0.717) is 34.5 Å². The number of imide groups is 1. The number of anilines is 1. The van der Waals surface area contributed by atoms with E-state index in [1.165, 1.54) is 12.1 Å². The third-order valence-electron chi connectivity index (χ3n) is 4.68. The topological polar surface area (TPSA) is 114 Å². The Labute approximate surface area is 180 Å². The number of hydrogen-bond acceptors (Lipinski definition) is 6. The highest BCUT2D eigenvalue weighted by atomic mass is 35.5. The van der Waals surface area contributed by atoms with Crippen molar-refractivity contribution in [3.8, 4) is 11.6 Å². The number of nitrogens with zero attached hydrogens (tertiary/aromatic N) is 4. The molecule has 0 radical (unpaired) electrons. The Hall–Kier alpha value is -4.10. The van der Waals surface area contributed by atoms with Gasteiger partial charge >= 0.3 is 6.03 Å². The van der Waals surface area contributed by atoms with Crippen molar-refractivity contribution < 1.29 is 14.3 Å². The minimum Gasteiger partial charge on any atom is -0.437 e. The lowest BCUT2D eigenvalue weighted by molar-refractivity contribution is -0.115. The van der Waals surface area contributed by atoms with E-state index >= 15 is 0 Å². The van der Waals surface area contributed by atoms with Gasteiger partial charge in [-0.3, -0.25) is 10.1 Å². The minimum absolute atomic E-state index is 0.0995. The Bertz CT molecular complexity index is 1320. The molecule has 2 aromatic heterocycles. The van der Waals surface area contributed by atoms with Gasteiger partial charge in [-0.1, -0.05) is 17.7 Å². The first kappa shape index (κ1) is 18.9. The van der Waals surface area contributed by atoms with E-state index in [9.17, 15) is 9.59 Å². The minimum atomic E-state index is -0.585. The second kappa shape index (κ2) is 7.30. The molecule has 1 aliphatic carbocycles. The van der Waals surface area contributed by atoms with Gasteiger partial charge in [0, 0.05) is 17.7 Å². The van der Waals surface area contributed by atoms with Gasteiger partial charge in [0.2, 0.25) is 5.88 Å². The molecule has 3 aromatic rings. The Morgan fingerprint density at radius 3 is 2.81 bits per heavy atom. The van der Waals surface area contributed by atoms with Crippen LogP contribution in [-0.2, 0) is 4.79 Å². The smallest absolute Gasteiger partial charge is 0.326 e. The highest BCUT2D eigenvalue weighted by molar-refractivity contribution is 6.32. The lowest BCUT2D eigenvalue weighted by Crippen LogP contribution is -2.22. The van der Waals surface area contributed by atoms with E-state index in [2.05, 4.69) is 30.9 Å². The van der Waals surface area contributed by atoms with Crippen LogP contribution < -0.4 is 20.7 Å². The first-order valence-electron chi connectivity index (χ1n) is 9.34. The molecule has 2 fully saturated rings. The number of fused-ring (bicyclic) bond motifs is 1. The van der Waals surface area contributed by atoms with Gasteiger partial charge < -0.3 is 15.4 Å². The number of carbonyl (C=O) groups is 2. The summed E-state index contributed by atoms with van der Waals surface area (Å²) in [5.74, 6) is 0.749. The molecule has 3 heterocycles. The normalized spacial score (nSPS) is 16.8. The van der Waals surface area contributed by atoms with Gasteiger partial charge in [0.05, 0.1) is 17.8 Å².